The van der Waals surface area contributed by atoms with Gasteiger partial charge in [0, 0.05) is 29.8 Å². The molecule has 3 aromatic carbocycles. The Labute approximate surface area is 146 Å². The number of aliphatic imine (C=N–C) groups is 1. The summed E-state index contributed by atoms with van der Waals surface area (Å²) in [6.07, 6.45) is 1.60. The SMILES string of the molecule is O=C1CCCN1c1ccc2c(c1)C(c1ccc3ccccc3c1)=NC2. The number of hydrogen-bond donors (Lipinski definition) is 0. The van der Waals surface area contributed by atoms with Gasteiger partial charge in [-0.25, -0.2) is 0 Å². The summed E-state index contributed by atoms with van der Waals surface area (Å²) < 4.78 is 0. The third kappa shape index (κ3) is 2.35. The molecule has 1 saturated heterocycles. The van der Waals surface area contributed by atoms with Crippen LogP contribution in [0.25, 0.3) is 10.8 Å². The van der Waals surface area contributed by atoms with Crippen LogP contribution in [0, 0.1) is 0 Å². The zero-order valence-electron chi connectivity index (χ0n) is 13.9. The lowest BCUT2D eigenvalue weighted by Crippen LogP contribution is -2.23. The highest BCUT2D eigenvalue weighted by Gasteiger charge is 2.24. The van der Waals surface area contributed by atoms with Crippen molar-refractivity contribution in [2.75, 3.05) is 11.4 Å². The third-order valence-electron chi connectivity index (χ3n) is 5.16. The monoisotopic (exact) mass is 326 g/mol. The fraction of sp³-hybridized carbons (Fsp3) is 0.182. The van der Waals surface area contributed by atoms with Gasteiger partial charge in [-0.05, 0) is 41.0 Å². The maximum atomic E-state index is 12.1. The molecule has 0 atom stereocenters. The number of anilines is 1. The molecule has 0 unspecified atom stereocenters. The highest BCUT2D eigenvalue weighted by atomic mass is 16.2. The average Bonchev–Trinajstić information content (AvgIpc) is 3.26. The standard InChI is InChI=1S/C22H18N2O/c25-21-6-3-11-24(21)19-10-9-18-14-23-22(20(18)13-19)17-8-7-15-4-1-2-5-16(15)12-17/h1-2,4-5,7-10,12-13H,3,6,11,14H2. The minimum absolute atomic E-state index is 0.224. The van der Waals surface area contributed by atoms with Crippen LogP contribution in [-0.2, 0) is 11.3 Å². The summed E-state index contributed by atoms with van der Waals surface area (Å²) in [6.45, 7) is 1.53. The topological polar surface area (TPSA) is 32.7 Å². The Balaban J connectivity index is 1.58. The largest absolute Gasteiger partial charge is 0.312 e. The van der Waals surface area contributed by atoms with Crippen LogP contribution in [0.5, 0.6) is 0 Å². The van der Waals surface area contributed by atoms with Gasteiger partial charge in [0.15, 0.2) is 0 Å². The number of benzene rings is 3. The van der Waals surface area contributed by atoms with Gasteiger partial charge in [-0.1, -0.05) is 42.5 Å². The molecule has 3 nitrogen and oxygen atoms in total. The molecule has 2 aliphatic rings. The number of rotatable bonds is 2. The summed E-state index contributed by atoms with van der Waals surface area (Å²) in [7, 11) is 0. The van der Waals surface area contributed by atoms with Gasteiger partial charge >= 0.3 is 0 Å². The van der Waals surface area contributed by atoms with Gasteiger partial charge in [0.25, 0.3) is 0 Å². The fourth-order valence-corrected chi connectivity index (χ4v) is 3.84. The number of carbonyl (C=O) groups excluding carboxylic acids is 1. The van der Waals surface area contributed by atoms with Crippen LogP contribution in [0.3, 0.4) is 0 Å². The van der Waals surface area contributed by atoms with E-state index >= 15 is 0 Å². The molecule has 2 heterocycles. The Hall–Kier alpha value is -2.94. The van der Waals surface area contributed by atoms with Crippen molar-refractivity contribution in [3.63, 3.8) is 0 Å². The van der Waals surface area contributed by atoms with Crippen LogP contribution in [-0.4, -0.2) is 18.2 Å². The van der Waals surface area contributed by atoms with Gasteiger partial charge < -0.3 is 4.90 Å². The molecule has 122 valence electrons. The zero-order valence-corrected chi connectivity index (χ0v) is 13.9. The number of carbonyl (C=O) groups is 1. The molecule has 0 spiro atoms. The molecule has 0 saturated carbocycles. The Morgan fingerprint density at radius 1 is 0.920 bits per heavy atom. The number of fused-ring (bicyclic) bond motifs is 2. The molecule has 0 bridgehead atoms. The quantitative estimate of drug-likeness (QED) is 0.690. The summed E-state index contributed by atoms with van der Waals surface area (Å²) in [5.74, 6) is 0.224. The number of nitrogens with zero attached hydrogens (tertiary/aromatic N) is 2. The molecule has 0 aromatic heterocycles. The molecule has 1 amide bonds. The first-order chi connectivity index (χ1) is 12.3. The number of amides is 1. The molecule has 0 radical (unpaired) electrons. The number of hydrogen-bond acceptors (Lipinski definition) is 2. The zero-order chi connectivity index (χ0) is 16.8. The Morgan fingerprint density at radius 2 is 1.80 bits per heavy atom. The van der Waals surface area contributed by atoms with Crippen molar-refractivity contribution in [3.8, 4) is 0 Å². The highest BCUT2D eigenvalue weighted by Crippen LogP contribution is 2.30. The van der Waals surface area contributed by atoms with E-state index in [2.05, 4.69) is 60.7 Å². The first-order valence-corrected chi connectivity index (χ1v) is 8.77. The first-order valence-electron chi connectivity index (χ1n) is 8.77. The van der Waals surface area contributed by atoms with E-state index in [9.17, 15) is 4.79 Å². The van der Waals surface area contributed by atoms with Crippen molar-refractivity contribution in [1.82, 2.24) is 0 Å². The van der Waals surface area contributed by atoms with Crippen LogP contribution >= 0.6 is 0 Å². The minimum atomic E-state index is 0.224. The molecule has 3 aromatic rings. The van der Waals surface area contributed by atoms with Crippen LogP contribution in [0.1, 0.15) is 29.5 Å². The molecule has 3 heteroatoms. The molecule has 5 rings (SSSR count). The van der Waals surface area contributed by atoms with Crippen molar-refractivity contribution >= 4 is 28.1 Å². The van der Waals surface area contributed by atoms with Crippen molar-refractivity contribution < 1.29 is 4.79 Å². The summed E-state index contributed by atoms with van der Waals surface area (Å²) in [5.41, 5.74) is 5.57. The van der Waals surface area contributed by atoms with Crippen molar-refractivity contribution in [2.24, 2.45) is 4.99 Å². The van der Waals surface area contributed by atoms with E-state index in [0.717, 1.165) is 35.5 Å². The van der Waals surface area contributed by atoms with Crippen LogP contribution < -0.4 is 4.90 Å². The minimum Gasteiger partial charge on any atom is -0.312 e. The van der Waals surface area contributed by atoms with Gasteiger partial charge in [-0.3, -0.25) is 9.79 Å². The second kappa shape index (κ2) is 5.55. The van der Waals surface area contributed by atoms with Crippen LogP contribution in [0.2, 0.25) is 0 Å². The molecular weight excluding hydrogens is 308 g/mol. The lowest BCUT2D eigenvalue weighted by molar-refractivity contribution is -0.117. The van der Waals surface area contributed by atoms with Gasteiger partial charge in [0.1, 0.15) is 0 Å². The second-order valence-corrected chi connectivity index (χ2v) is 6.72. The Morgan fingerprint density at radius 3 is 2.64 bits per heavy atom. The highest BCUT2D eigenvalue weighted by molar-refractivity contribution is 6.17. The summed E-state index contributed by atoms with van der Waals surface area (Å²) >= 11 is 0. The Bertz CT molecular complexity index is 1040. The molecule has 1 fully saturated rings. The predicted octanol–water partition coefficient (Wildman–Crippen LogP) is 4.32. The smallest absolute Gasteiger partial charge is 0.227 e. The summed E-state index contributed by atoms with van der Waals surface area (Å²) in [4.78, 5) is 18.7. The lowest BCUT2D eigenvalue weighted by atomic mass is 9.97. The maximum Gasteiger partial charge on any atom is 0.227 e. The van der Waals surface area contributed by atoms with Crippen LogP contribution in [0.4, 0.5) is 5.69 Å². The first kappa shape index (κ1) is 14.4. The van der Waals surface area contributed by atoms with E-state index in [-0.39, 0.29) is 5.91 Å². The van der Waals surface area contributed by atoms with Gasteiger partial charge in [-0.2, -0.15) is 0 Å². The molecular formula is C22H18N2O. The van der Waals surface area contributed by atoms with Gasteiger partial charge in [0.2, 0.25) is 5.91 Å². The van der Waals surface area contributed by atoms with E-state index < -0.39 is 0 Å². The Kier molecular flexibility index (Phi) is 3.20. The maximum absolute atomic E-state index is 12.1. The van der Waals surface area contributed by atoms with Crippen molar-refractivity contribution in [3.05, 3.63) is 77.4 Å². The molecule has 2 aliphatic heterocycles. The lowest BCUT2D eigenvalue weighted by Gasteiger charge is -2.17. The van der Waals surface area contributed by atoms with Crippen molar-refractivity contribution in [1.29, 1.82) is 0 Å². The normalized spacial score (nSPS) is 16.4. The second-order valence-electron chi connectivity index (χ2n) is 6.72. The van der Waals surface area contributed by atoms with E-state index in [0.29, 0.717) is 13.0 Å². The van der Waals surface area contributed by atoms with Crippen LogP contribution in [0.15, 0.2) is 65.7 Å². The average molecular weight is 326 g/mol. The predicted molar refractivity (Wildman–Crippen MR) is 101 cm³/mol. The van der Waals surface area contributed by atoms with E-state index in [4.69, 9.17) is 4.99 Å². The van der Waals surface area contributed by atoms with Gasteiger partial charge in [-0.15, -0.1) is 0 Å². The van der Waals surface area contributed by atoms with E-state index in [1.807, 2.05) is 4.90 Å². The van der Waals surface area contributed by atoms with E-state index in [1.165, 1.54) is 16.3 Å². The fourth-order valence-electron chi connectivity index (χ4n) is 3.84. The summed E-state index contributed by atoms with van der Waals surface area (Å²) in [5, 5.41) is 2.46. The third-order valence-corrected chi connectivity index (χ3v) is 5.16. The van der Waals surface area contributed by atoms with Gasteiger partial charge in [0.05, 0.1) is 12.3 Å². The summed E-state index contributed by atoms with van der Waals surface area (Å²) in [6, 6.07) is 21.2. The molecule has 25 heavy (non-hydrogen) atoms. The van der Waals surface area contributed by atoms with Crippen molar-refractivity contribution in [2.45, 2.75) is 19.4 Å². The molecule has 0 aliphatic carbocycles. The van der Waals surface area contributed by atoms with E-state index in [1.54, 1.807) is 0 Å². The molecule has 0 N–H and O–H groups in total.